The molecule has 1 N–H and O–H groups in total. The normalized spacial score (nSPS) is 20.8. The number of guanidine groups is 1. The van der Waals surface area contributed by atoms with E-state index in [1.54, 1.807) is 11.3 Å². The summed E-state index contributed by atoms with van der Waals surface area (Å²) in [5.74, 6) is 3.53. The van der Waals surface area contributed by atoms with Crippen LogP contribution < -0.4 is 5.32 Å². The van der Waals surface area contributed by atoms with Crippen molar-refractivity contribution in [1.82, 2.24) is 20.1 Å². The molecule has 0 atom stereocenters. The highest BCUT2D eigenvalue weighted by molar-refractivity contribution is 14.0. The van der Waals surface area contributed by atoms with Crippen molar-refractivity contribution in [2.45, 2.75) is 51.1 Å². The Bertz CT molecular complexity index is 595. The molecule has 1 aromatic rings. The first kappa shape index (κ1) is 23.2. The molecule has 1 saturated heterocycles. The fraction of sp³-hybridized carbons (Fsp3) is 0.789. The minimum Gasteiger partial charge on any atom is -0.354 e. The number of thioether (sulfide) groups is 1. The lowest BCUT2D eigenvalue weighted by Crippen LogP contribution is -2.59. The van der Waals surface area contributed by atoms with Crippen molar-refractivity contribution in [3.63, 3.8) is 0 Å². The molecule has 0 aromatic carbocycles. The maximum absolute atomic E-state index is 4.59. The van der Waals surface area contributed by atoms with Crippen molar-refractivity contribution >= 4 is 53.0 Å². The molecule has 0 radical (unpaired) electrons. The second-order valence-corrected chi connectivity index (χ2v) is 9.79. The third kappa shape index (κ3) is 6.21. The van der Waals surface area contributed by atoms with Crippen molar-refractivity contribution in [3.8, 4) is 0 Å². The predicted octanol–water partition coefficient (Wildman–Crippen LogP) is 3.83. The summed E-state index contributed by atoms with van der Waals surface area (Å²) < 4.78 is 0. The van der Waals surface area contributed by atoms with E-state index in [0.717, 1.165) is 29.8 Å². The number of aryl methyl sites for hydroxylation is 1. The molecule has 1 aliphatic carbocycles. The molecular formula is C19H34IN5S2. The minimum absolute atomic E-state index is 0. The fourth-order valence-electron chi connectivity index (χ4n) is 4.28. The van der Waals surface area contributed by atoms with Gasteiger partial charge >= 0.3 is 0 Å². The Hall–Kier alpha value is -0.0600. The van der Waals surface area contributed by atoms with Gasteiger partial charge in [-0.15, -0.1) is 35.3 Å². The van der Waals surface area contributed by atoms with Crippen molar-refractivity contribution < 1.29 is 0 Å². The van der Waals surface area contributed by atoms with Gasteiger partial charge in [-0.3, -0.25) is 9.89 Å². The molecule has 0 unspecified atom stereocenters. The van der Waals surface area contributed by atoms with E-state index < -0.39 is 0 Å². The summed E-state index contributed by atoms with van der Waals surface area (Å²) in [5.41, 5.74) is 1.44. The van der Waals surface area contributed by atoms with Gasteiger partial charge in [0.2, 0.25) is 0 Å². The van der Waals surface area contributed by atoms with Crippen molar-refractivity contribution in [1.29, 1.82) is 0 Å². The van der Waals surface area contributed by atoms with Gasteiger partial charge in [0, 0.05) is 56.2 Å². The van der Waals surface area contributed by atoms with Gasteiger partial charge in [-0.05, 0) is 19.8 Å². The van der Waals surface area contributed by atoms with Gasteiger partial charge in [0.25, 0.3) is 0 Å². The van der Waals surface area contributed by atoms with Crippen LogP contribution in [0.4, 0.5) is 0 Å². The molecule has 2 aliphatic rings. The van der Waals surface area contributed by atoms with Crippen LogP contribution in [0.2, 0.25) is 0 Å². The predicted molar refractivity (Wildman–Crippen MR) is 130 cm³/mol. The minimum atomic E-state index is 0. The van der Waals surface area contributed by atoms with Crippen LogP contribution in [-0.2, 0) is 6.54 Å². The van der Waals surface area contributed by atoms with Crippen LogP contribution in [0.1, 0.15) is 42.8 Å². The molecule has 2 fully saturated rings. The number of hydrogen-bond acceptors (Lipinski definition) is 5. The molecule has 1 aromatic heterocycles. The van der Waals surface area contributed by atoms with Crippen LogP contribution in [0, 0.1) is 6.92 Å². The number of aromatic nitrogens is 1. The smallest absolute Gasteiger partial charge is 0.193 e. The summed E-state index contributed by atoms with van der Waals surface area (Å²) in [6, 6.07) is 0. The zero-order chi connectivity index (χ0) is 18.4. The van der Waals surface area contributed by atoms with Crippen molar-refractivity contribution in [2.75, 3.05) is 45.2 Å². The lowest BCUT2D eigenvalue weighted by molar-refractivity contribution is 0.0621. The summed E-state index contributed by atoms with van der Waals surface area (Å²) in [6.07, 6.45) is 6.74. The number of hydrogen-bond donors (Lipinski definition) is 1. The highest BCUT2D eigenvalue weighted by Gasteiger charge is 2.38. The molecule has 0 amide bonds. The largest absolute Gasteiger partial charge is 0.354 e. The first-order valence-corrected chi connectivity index (χ1v) is 11.8. The van der Waals surface area contributed by atoms with Crippen LogP contribution in [0.3, 0.4) is 0 Å². The molecular weight excluding hydrogens is 489 g/mol. The summed E-state index contributed by atoms with van der Waals surface area (Å²) in [4.78, 5) is 14.1. The van der Waals surface area contributed by atoms with E-state index in [1.807, 2.05) is 7.05 Å². The van der Waals surface area contributed by atoms with E-state index >= 15 is 0 Å². The number of rotatable bonds is 5. The number of nitrogens with one attached hydrogen (secondary N) is 1. The molecule has 154 valence electrons. The molecule has 1 saturated carbocycles. The molecule has 5 nitrogen and oxygen atoms in total. The molecule has 0 spiro atoms. The van der Waals surface area contributed by atoms with E-state index in [0.29, 0.717) is 5.54 Å². The summed E-state index contributed by atoms with van der Waals surface area (Å²) in [7, 11) is 3.99. The molecule has 3 rings (SSSR count). The zero-order valence-corrected chi connectivity index (χ0v) is 20.8. The van der Waals surface area contributed by atoms with Crippen molar-refractivity contribution in [3.05, 3.63) is 16.1 Å². The highest BCUT2D eigenvalue weighted by Crippen LogP contribution is 2.34. The summed E-state index contributed by atoms with van der Waals surface area (Å²) >= 11 is 3.81. The maximum Gasteiger partial charge on any atom is 0.193 e. The second kappa shape index (κ2) is 11.2. The molecule has 8 heteroatoms. The number of aliphatic imine (C=N–C) groups is 1. The van der Waals surface area contributed by atoms with Gasteiger partial charge in [0.15, 0.2) is 5.96 Å². The van der Waals surface area contributed by atoms with Gasteiger partial charge in [-0.1, -0.05) is 19.3 Å². The maximum atomic E-state index is 4.59. The van der Waals surface area contributed by atoms with E-state index in [4.69, 9.17) is 0 Å². The Balaban J connectivity index is 0.00000261. The molecule has 1 aliphatic heterocycles. The lowest BCUT2D eigenvalue weighted by Gasteiger charge is -2.48. The first-order chi connectivity index (χ1) is 12.6. The van der Waals surface area contributed by atoms with E-state index in [1.165, 1.54) is 56.7 Å². The Kier molecular flexibility index (Phi) is 9.64. The van der Waals surface area contributed by atoms with Crippen LogP contribution in [0.15, 0.2) is 10.4 Å². The summed E-state index contributed by atoms with van der Waals surface area (Å²) in [6.45, 7) is 6.34. The van der Waals surface area contributed by atoms with Gasteiger partial charge in [-0.2, -0.15) is 11.8 Å². The van der Waals surface area contributed by atoms with Crippen molar-refractivity contribution in [2.24, 2.45) is 4.99 Å². The zero-order valence-electron chi connectivity index (χ0n) is 16.9. The topological polar surface area (TPSA) is 43.8 Å². The van der Waals surface area contributed by atoms with Crippen LogP contribution >= 0.6 is 47.1 Å². The average molecular weight is 524 g/mol. The van der Waals surface area contributed by atoms with Gasteiger partial charge in [-0.25, -0.2) is 4.98 Å². The van der Waals surface area contributed by atoms with Gasteiger partial charge in [0.05, 0.1) is 17.2 Å². The van der Waals surface area contributed by atoms with E-state index in [2.05, 4.69) is 56.2 Å². The first-order valence-electron chi connectivity index (χ1n) is 9.78. The number of thiazole rings is 1. The summed E-state index contributed by atoms with van der Waals surface area (Å²) in [5, 5.41) is 6.98. The third-order valence-corrected chi connectivity index (χ3v) is 7.45. The number of halogens is 1. The number of nitrogens with zero attached hydrogens (tertiary/aromatic N) is 4. The molecule has 2 heterocycles. The van der Waals surface area contributed by atoms with Crippen LogP contribution in [-0.4, -0.2) is 71.5 Å². The van der Waals surface area contributed by atoms with Gasteiger partial charge < -0.3 is 10.2 Å². The Labute approximate surface area is 189 Å². The Morgan fingerprint density at radius 3 is 2.59 bits per heavy atom. The Morgan fingerprint density at radius 1 is 1.30 bits per heavy atom. The molecule has 27 heavy (non-hydrogen) atoms. The second-order valence-electron chi connectivity index (χ2n) is 7.50. The fourth-order valence-corrected chi connectivity index (χ4v) is 5.79. The average Bonchev–Trinajstić information content (AvgIpc) is 3.08. The monoisotopic (exact) mass is 523 g/mol. The van der Waals surface area contributed by atoms with Crippen LogP contribution in [0.5, 0.6) is 0 Å². The lowest BCUT2D eigenvalue weighted by atomic mass is 9.80. The highest BCUT2D eigenvalue weighted by atomic mass is 127. The van der Waals surface area contributed by atoms with Crippen LogP contribution in [0.25, 0.3) is 0 Å². The molecule has 0 bridgehead atoms. The van der Waals surface area contributed by atoms with E-state index in [9.17, 15) is 0 Å². The quantitative estimate of drug-likeness (QED) is 0.361. The Morgan fingerprint density at radius 2 is 2.00 bits per heavy atom. The third-order valence-electron chi connectivity index (χ3n) is 5.68. The standard InChI is InChI=1S/C19H33N5S2.HI/c1-16-22-17(14-26-16)13-23(3)18(20-2)21-15-19(7-5-4-6-8-19)24-9-11-25-12-10-24;/h14H,4-13,15H2,1-3H3,(H,20,21);1H. The SMILES string of the molecule is CN=C(NCC1(N2CCSCC2)CCCCC1)N(C)Cc1csc(C)n1.I. The van der Waals surface area contributed by atoms with E-state index in [-0.39, 0.29) is 24.0 Å². The van der Waals surface area contributed by atoms with Gasteiger partial charge in [0.1, 0.15) is 0 Å².